The number of amides is 1. The lowest BCUT2D eigenvalue weighted by Gasteiger charge is -2.36. The minimum atomic E-state index is 0.164. The van der Waals surface area contributed by atoms with Gasteiger partial charge in [-0.2, -0.15) is 0 Å². The lowest BCUT2D eigenvalue weighted by atomic mass is 10.2. The van der Waals surface area contributed by atoms with Crippen molar-refractivity contribution in [2.75, 3.05) is 36.8 Å². The van der Waals surface area contributed by atoms with Crippen molar-refractivity contribution in [1.82, 2.24) is 14.9 Å². The Labute approximate surface area is 153 Å². The molecule has 0 N–H and O–H groups in total. The van der Waals surface area contributed by atoms with Gasteiger partial charge in [-0.15, -0.1) is 0 Å². The van der Waals surface area contributed by atoms with Gasteiger partial charge < -0.3 is 9.80 Å². The van der Waals surface area contributed by atoms with Gasteiger partial charge in [0.2, 0.25) is 5.91 Å². The largest absolute Gasteiger partial charge is 0.368 e. The van der Waals surface area contributed by atoms with Crippen LogP contribution in [-0.2, 0) is 4.79 Å². The van der Waals surface area contributed by atoms with E-state index in [1.165, 1.54) is 17.4 Å². The molecule has 1 saturated heterocycles. The van der Waals surface area contributed by atoms with Gasteiger partial charge in [0.15, 0.2) is 5.16 Å². The number of thioether (sulfide) groups is 1. The lowest BCUT2D eigenvalue weighted by molar-refractivity contribution is -0.128. The van der Waals surface area contributed by atoms with E-state index in [1.54, 1.807) is 0 Å². The van der Waals surface area contributed by atoms with Crippen LogP contribution in [0.25, 0.3) is 0 Å². The van der Waals surface area contributed by atoms with E-state index in [0.29, 0.717) is 10.9 Å². The molecule has 0 bridgehead atoms. The first-order valence-corrected chi connectivity index (χ1v) is 9.55. The fourth-order valence-corrected chi connectivity index (χ4v) is 3.71. The molecule has 0 spiro atoms. The summed E-state index contributed by atoms with van der Waals surface area (Å²) in [5.41, 5.74) is 4.31. The van der Waals surface area contributed by atoms with Crippen LogP contribution >= 0.6 is 11.8 Å². The van der Waals surface area contributed by atoms with Gasteiger partial charge in [-0.05, 0) is 38.5 Å². The molecule has 2 aromatic rings. The number of nitrogens with zero attached hydrogens (tertiary/aromatic N) is 4. The van der Waals surface area contributed by atoms with Crippen molar-refractivity contribution >= 4 is 23.4 Å². The summed E-state index contributed by atoms with van der Waals surface area (Å²) in [7, 11) is 0. The predicted octanol–water partition coefficient (Wildman–Crippen LogP) is 2.84. The third-order valence-corrected chi connectivity index (χ3v) is 5.52. The average Bonchev–Trinajstić information content (AvgIpc) is 2.65. The first-order chi connectivity index (χ1) is 12.0. The zero-order chi connectivity index (χ0) is 17.8. The number of rotatable bonds is 4. The van der Waals surface area contributed by atoms with Crippen LogP contribution in [0.15, 0.2) is 35.5 Å². The number of para-hydroxylation sites is 1. The van der Waals surface area contributed by atoms with Crippen molar-refractivity contribution < 1.29 is 4.79 Å². The van der Waals surface area contributed by atoms with Crippen molar-refractivity contribution in [3.63, 3.8) is 0 Å². The van der Waals surface area contributed by atoms with E-state index in [4.69, 9.17) is 0 Å². The second kappa shape index (κ2) is 7.87. The van der Waals surface area contributed by atoms with Crippen molar-refractivity contribution in [1.29, 1.82) is 0 Å². The molecule has 3 rings (SSSR count). The zero-order valence-corrected chi connectivity index (χ0v) is 15.8. The number of anilines is 1. The number of aryl methyl sites for hydroxylation is 2. The van der Waals surface area contributed by atoms with Gasteiger partial charge in [0.1, 0.15) is 0 Å². The number of benzene rings is 1. The lowest BCUT2D eigenvalue weighted by Crippen LogP contribution is -2.49. The molecule has 0 unspecified atom stereocenters. The summed E-state index contributed by atoms with van der Waals surface area (Å²) < 4.78 is 0. The maximum absolute atomic E-state index is 12.5. The molecule has 0 aliphatic carbocycles. The SMILES string of the molecule is Cc1nc(SCC(=O)N2CCN(c3ccccc3)CC2)nc(C)c1C. The van der Waals surface area contributed by atoms with E-state index < -0.39 is 0 Å². The van der Waals surface area contributed by atoms with E-state index in [2.05, 4.69) is 39.1 Å². The highest BCUT2D eigenvalue weighted by atomic mass is 32.2. The van der Waals surface area contributed by atoms with Gasteiger partial charge in [-0.1, -0.05) is 30.0 Å². The third-order valence-electron chi connectivity index (χ3n) is 4.69. The molecule has 1 amide bonds. The Hall–Kier alpha value is -2.08. The highest BCUT2D eigenvalue weighted by molar-refractivity contribution is 7.99. The van der Waals surface area contributed by atoms with Gasteiger partial charge in [0, 0.05) is 43.3 Å². The highest BCUT2D eigenvalue weighted by Gasteiger charge is 2.21. The molecule has 1 aliphatic heterocycles. The average molecular weight is 356 g/mol. The minimum Gasteiger partial charge on any atom is -0.368 e. The van der Waals surface area contributed by atoms with Crippen LogP contribution in [0.3, 0.4) is 0 Å². The smallest absolute Gasteiger partial charge is 0.233 e. The summed E-state index contributed by atoms with van der Waals surface area (Å²) in [5.74, 6) is 0.560. The van der Waals surface area contributed by atoms with Crippen molar-refractivity contribution in [2.24, 2.45) is 0 Å². The standard InChI is InChI=1S/C19H24N4OS/c1-14-15(2)20-19(21-16(14)3)25-13-18(24)23-11-9-22(10-12-23)17-7-5-4-6-8-17/h4-8H,9-13H2,1-3H3. The molecule has 0 radical (unpaired) electrons. The highest BCUT2D eigenvalue weighted by Crippen LogP contribution is 2.19. The summed E-state index contributed by atoms with van der Waals surface area (Å²) in [5, 5.41) is 0.692. The first kappa shape index (κ1) is 17.7. The van der Waals surface area contributed by atoms with E-state index in [-0.39, 0.29) is 5.91 Å². The Kier molecular flexibility index (Phi) is 5.58. The van der Waals surface area contributed by atoms with Gasteiger partial charge >= 0.3 is 0 Å². The quantitative estimate of drug-likeness (QED) is 0.623. The number of aromatic nitrogens is 2. The van der Waals surface area contributed by atoms with E-state index in [0.717, 1.165) is 43.1 Å². The first-order valence-electron chi connectivity index (χ1n) is 8.57. The van der Waals surface area contributed by atoms with Crippen molar-refractivity contribution in [3.05, 3.63) is 47.3 Å². The summed E-state index contributed by atoms with van der Waals surface area (Å²) in [6.45, 7) is 9.27. The van der Waals surface area contributed by atoms with E-state index >= 15 is 0 Å². The van der Waals surface area contributed by atoms with E-state index in [9.17, 15) is 4.79 Å². The molecular formula is C19H24N4OS. The number of hydrogen-bond acceptors (Lipinski definition) is 5. The van der Waals surface area contributed by atoms with Crippen LogP contribution in [0.1, 0.15) is 17.0 Å². The van der Waals surface area contributed by atoms with Gasteiger partial charge in [-0.3, -0.25) is 4.79 Å². The molecule has 0 saturated carbocycles. The van der Waals surface area contributed by atoms with Gasteiger partial charge in [-0.25, -0.2) is 9.97 Å². The second-order valence-corrected chi connectivity index (χ2v) is 7.24. The second-order valence-electron chi connectivity index (χ2n) is 6.29. The van der Waals surface area contributed by atoms with Crippen LogP contribution in [0, 0.1) is 20.8 Å². The van der Waals surface area contributed by atoms with Crippen molar-refractivity contribution in [3.8, 4) is 0 Å². The Balaban J connectivity index is 1.51. The third kappa shape index (κ3) is 4.31. The Bertz CT molecular complexity index is 719. The Morgan fingerprint density at radius 2 is 1.60 bits per heavy atom. The fourth-order valence-electron chi connectivity index (χ4n) is 2.88. The number of carbonyl (C=O) groups excluding carboxylic acids is 1. The Morgan fingerprint density at radius 1 is 1.00 bits per heavy atom. The van der Waals surface area contributed by atoms with Gasteiger partial charge in [0.25, 0.3) is 0 Å². The molecule has 1 aromatic heterocycles. The zero-order valence-electron chi connectivity index (χ0n) is 15.0. The summed E-state index contributed by atoms with van der Waals surface area (Å²) in [4.78, 5) is 25.7. The maximum atomic E-state index is 12.5. The normalized spacial score (nSPS) is 14.7. The molecule has 25 heavy (non-hydrogen) atoms. The number of piperazine rings is 1. The molecule has 132 valence electrons. The minimum absolute atomic E-state index is 0.164. The topological polar surface area (TPSA) is 49.3 Å². The predicted molar refractivity (Wildman–Crippen MR) is 102 cm³/mol. The summed E-state index contributed by atoms with van der Waals surface area (Å²) in [6.07, 6.45) is 0. The maximum Gasteiger partial charge on any atom is 0.233 e. The van der Waals surface area contributed by atoms with E-state index in [1.807, 2.05) is 31.7 Å². The van der Waals surface area contributed by atoms with Crippen LogP contribution < -0.4 is 4.90 Å². The molecule has 1 aromatic carbocycles. The monoisotopic (exact) mass is 356 g/mol. The summed E-state index contributed by atoms with van der Waals surface area (Å²) >= 11 is 1.43. The molecule has 0 atom stereocenters. The molecule has 1 fully saturated rings. The Morgan fingerprint density at radius 3 is 2.20 bits per heavy atom. The van der Waals surface area contributed by atoms with Crippen LogP contribution in [0.2, 0.25) is 0 Å². The molecular weight excluding hydrogens is 332 g/mol. The molecule has 2 heterocycles. The van der Waals surface area contributed by atoms with Crippen molar-refractivity contribution in [2.45, 2.75) is 25.9 Å². The van der Waals surface area contributed by atoms with Crippen LogP contribution in [-0.4, -0.2) is 52.7 Å². The number of hydrogen-bond donors (Lipinski definition) is 0. The molecule has 1 aliphatic rings. The number of carbonyl (C=O) groups is 1. The molecule has 6 heteroatoms. The summed E-state index contributed by atoms with van der Waals surface area (Å²) in [6, 6.07) is 10.4. The fraction of sp³-hybridized carbons (Fsp3) is 0.421. The van der Waals surface area contributed by atoms with Crippen LogP contribution in [0.4, 0.5) is 5.69 Å². The van der Waals surface area contributed by atoms with Crippen LogP contribution in [0.5, 0.6) is 0 Å². The van der Waals surface area contributed by atoms with Gasteiger partial charge in [0.05, 0.1) is 5.75 Å². The molecule has 5 nitrogen and oxygen atoms in total.